The fraction of sp³-hybridized carbons (Fsp3) is 0.208. The Balaban J connectivity index is 1.36. The molecule has 5 rings (SSSR count). The van der Waals surface area contributed by atoms with Crippen LogP contribution in [0.4, 0.5) is 27.9 Å². The average Bonchev–Trinajstić information content (AvgIpc) is 3.33. The highest BCUT2D eigenvalue weighted by atomic mass is 16.5. The number of nitrogens with one attached hydrogen (secondary N) is 3. The molecule has 4 aromatic rings. The van der Waals surface area contributed by atoms with Crippen LogP contribution in [-0.2, 0) is 11.2 Å². The fourth-order valence-electron chi connectivity index (χ4n) is 4.14. The number of fused-ring (bicyclic) bond motifs is 2. The number of hydrogen-bond acceptors (Lipinski definition) is 8. The zero-order valence-electron chi connectivity index (χ0n) is 19.0. The van der Waals surface area contributed by atoms with E-state index in [9.17, 15) is 9.59 Å². The molecule has 3 heterocycles. The molecule has 11 nitrogen and oxygen atoms in total. The summed E-state index contributed by atoms with van der Waals surface area (Å²) in [6.07, 6.45) is 2.33. The summed E-state index contributed by atoms with van der Waals surface area (Å²) in [6, 6.07) is 14.0. The summed E-state index contributed by atoms with van der Waals surface area (Å²) in [5.41, 5.74) is 9.25. The highest BCUT2D eigenvalue weighted by molar-refractivity contribution is 6.03. The molecule has 2 amide bonds. The van der Waals surface area contributed by atoms with Crippen LogP contribution in [0.2, 0.25) is 0 Å². The van der Waals surface area contributed by atoms with Crippen LogP contribution in [0.25, 0.3) is 11.0 Å². The number of aromatic nitrogens is 4. The van der Waals surface area contributed by atoms with Crippen LogP contribution >= 0.6 is 0 Å². The molecular formula is C24H24N8O3. The summed E-state index contributed by atoms with van der Waals surface area (Å²) in [4.78, 5) is 35.4. The quantitative estimate of drug-likeness (QED) is 0.323. The van der Waals surface area contributed by atoms with Crippen LogP contribution in [0, 0.1) is 0 Å². The maximum absolute atomic E-state index is 13.3. The number of anilines is 4. The Hall–Kier alpha value is -4.67. The molecule has 2 aromatic carbocycles. The topological polar surface area (TPSA) is 151 Å². The van der Waals surface area contributed by atoms with Crippen LogP contribution in [0.3, 0.4) is 0 Å². The Morgan fingerprint density at radius 2 is 1.97 bits per heavy atom. The van der Waals surface area contributed by atoms with Gasteiger partial charge in [0, 0.05) is 24.0 Å². The first kappa shape index (κ1) is 22.1. The minimum atomic E-state index is -0.402. The molecule has 11 heteroatoms. The zero-order chi connectivity index (χ0) is 24.4. The van der Waals surface area contributed by atoms with Crippen molar-refractivity contribution in [2.24, 2.45) is 0 Å². The van der Waals surface area contributed by atoms with Crippen LogP contribution in [0.5, 0.6) is 0 Å². The lowest BCUT2D eigenvalue weighted by Gasteiger charge is -2.35. The highest BCUT2D eigenvalue weighted by Gasteiger charge is 2.29. The van der Waals surface area contributed by atoms with E-state index < -0.39 is 5.97 Å². The first-order valence-corrected chi connectivity index (χ1v) is 11.2. The minimum Gasteiger partial charge on any atom is -0.462 e. The second-order valence-corrected chi connectivity index (χ2v) is 8.08. The monoisotopic (exact) mass is 472 g/mol. The molecule has 2 aromatic heterocycles. The van der Waals surface area contributed by atoms with E-state index >= 15 is 0 Å². The Kier molecular flexibility index (Phi) is 5.88. The van der Waals surface area contributed by atoms with Gasteiger partial charge in [0.25, 0.3) is 0 Å². The molecule has 0 radical (unpaired) electrons. The standard InChI is InChI=1S/C24H24N8O3/c1-2-35-22(33)14-7-9-16(10-8-14)28-24(34)32-13-17(11-15-5-3-4-6-19(15)32)27-20-18-12-26-31-21(18)30-23(25)29-20/h3-10,12,17H,2,11,13H2,1H3,(H,28,34)(H4,25,26,27,29,30,31). The van der Waals surface area contributed by atoms with Gasteiger partial charge in [-0.15, -0.1) is 0 Å². The van der Waals surface area contributed by atoms with Gasteiger partial charge in [-0.05, 0) is 49.2 Å². The second-order valence-electron chi connectivity index (χ2n) is 8.08. The third-order valence-corrected chi connectivity index (χ3v) is 5.71. The normalized spacial score (nSPS) is 14.9. The van der Waals surface area contributed by atoms with E-state index in [0.29, 0.717) is 42.3 Å². The van der Waals surface area contributed by atoms with Gasteiger partial charge in [-0.25, -0.2) is 9.59 Å². The third-order valence-electron chi connectivity index (χ3n) is 5.71. The van der Waals surface area contributed by atoms with Gasteiger partial charge < -0.3 is 21.1 Å². The average molecular weight is 473 g/mol. The van der Waals surface area contributed by atoms with Crippen LogP contribution in [0.1, 0.15) is 22.8 Å². The Morgan fingerprint density at radius 1 is 1.17 bits per heavy atom. The van der Waals surface area contributed by atoms with E-state index in [-0.39, 0.29) is 18.0 Å². The van der Waals surface area contributed by atoms with Crippen molar-refractivity contribution in [1.29, 1.82) is 0 Å². The summed E-state index contributed by atoms with van der Waals surface area (Å²) in [5, 5.41) is 13.9. The summed E-state index contributed by atoms with van der Waals surface area (Å²) in [5.74, 6) is 0.281. The Labute approximate surface area is 200 Å². The number of nitrogens with zero attached hydrogens (tertiary/aromatic N) is 4. The van der Waals surface area contributed by atoms with Crippen molar-refractivity contribution in [3.05, 3.63) is 65.9 Å². The van der Waals surface area contributed by atoms with Crippen molar-refractivity contribution in [3.8, 4) is 0 Å². The second kappa shape index (κ2) is 9.29. The highest BCUT2D eigenvalue weighted by Crippen LogP contribution is 2.30. The summed E-state index contributed by atoms with van der Waals surface area (Å²) < 4.78 is 5.01. The molecule has 1 aliphatic heterocycles. The molecule has 0 fully saturated rings. The van der Waals surface area contributed by atoms with Crippen molar-refractivity contribution < 1.29 is 14.3 Å². The lowest BCUT2D eigenvalue weighted by Crippen LogP contribution is -2.47. The van der Waals surface area contributed by atoms with Crippen molar-refractivity contribution in [2.45, 2.75) is 19.4 Å². The van der Waals surface area contributed by atoms with E-state index in [0.717, 1.165) is 16.6 Å². The molecule has 0 spiro atoms. The maximum atomic E-state index is 13.3. The number of nitrogen functional groups attached to an aromatic ring is 1. The maximum Gasteiger partial charge on any atom is 0.338 e. The smallest absolute Gasteiger partial charge is 0.338 e. The number of carbonyl (C=O) groups excluding carboxylic acids is 2. The molecule has 0 aliphatic carbocycles. The Morgan fingerprint density at radius 3 is 2.77 bits per heavy atom. The van der Waals surface area contributed by atoms with E-state index in [2.05, 4.69) is 30.8 Å². The molecule has 1 aliphatic rings. The van der Waals surface area contributed by atoms with Crippen molar-refractivity contribution in [1.82, 2.24) is 20.2 Å². The van der Waals surface area contributed by atoms with Crippen molar-refractivity contribution in [2.75, 3.05) is 34.4 Å². The SMILES string of the molecule is CCOC(=O)c1ccc(NC(=O)N2CC(Nc3nc(N)nc4[nH]ncc34)Cc3ccccc32)cc1. The number of hydrogen-bond donors (Lipinski definition) is 4. The molecule has 1 unspecified atom stereocenters. The number of rotatable bonds is 5. The Bertz CT molecular complexity index is 1390. The molecule has 0 bridgehead atoms. The number of urea groups is 1. The number of para-hydroxylation sites is 1. The molecule has 35 heavy (non-hydrogen) atoms. The van der Waals surface area contributed by atoms with Gasteiger partial charge in [0.2, 0.25) is 5.95 Å². The molecular weight excluding hydrogens is 448 g/mol. The molecule has 0 saturated carbocycles. The summed E-state index contributed by atoms with van der Waals surface area (Å²) in [7, 11) is 0. The van der Waals surface area contributed by atoms with E-state index in [1.807, 2.05) is 24.3 Å². The zero-order valence-corrected chi connectivity index (χ0v) is 19.0. The first-order chi connectivity index (χ1) is 17.0. The number of aromatic amines is 1. The lowest BCUT2D eigenvalue weighted by molar-refractivity contribution is 0.0526. The van der Waals surface area contributed by atoms with Gasteiger partial charge in [-0.3, -0.25) is 10.00 Å². The van der Waals surface area contributed by atoms with Gasteiger partial charge in [-0.2, -0.15) is 15.1 Å². The number of carbonyl (C=O) groups is 2. The molecule has 1 atom stereocenters. The van der Waals surface area contributed by atoms with Crippen LogP contribution < -0.4 is 21.3 Å². The summed E-state index contributed by atoms with van der Waals surface area (Å²) in [6.45, 7) is 2.45. The van der Waals surface area contributed by atoms with Crippen LogP contribution in [-0.4, -0.2) is 51.4 Å². The predicted molar refractivity (Wildman–Crippen MR) is 132 cm³/mol. The number of benzene rings is 2. The number of esters is 1. The lowest BCUT2D eigenvalue weighted by atomic mass is 9.98. The number of H-pyrrole nitrogens is 1. The van der Waals surface area contributed by atoms with Crippen molar-refractivity contribution >= 4 is 46.2 Å². The van der Waals surface area contributed by atoms with Gasteiger partial charge in [0.1, 0.15) is 5.82 Å². The third kappa shape index (κ3) is 4.56. The minimum absolute atomic E-state index is 0.126. The fourth-order valence-corrected chi connectivity index (χ4v) is 4.14. The van der Waals surface area contributed by atoms with E-state index in [1.165, 1.54) is 0 Å². The predicted octanol–water partition coefficient (Wildman–Crippen LogP) is 3.19. The molecule has 0 saturated heterocycles. The number of amides is 2. The number of nitrogens with two attached hydrogens (primary N) is 1. The van der Waals surface area contributed by atoms with E-state index in [4.69, 9.17) is 10.5 Å². The van der Waals surface area contributed by atoms with Gasteiger partial charge in [0.15, 0.2) is 5.65 Å². The van der Waals surface area contributed by atoms with Gasteiger partial charge in [-0.1, -0.05) is 18.2 Å². The summed E-state index contributed by atoms with van der Waals surface area (Å²) >= 11 is 0. The van der Waals surface area contributed by atoms with Crippen LogP contribution in [0.15, 0.2) is 54.7 Å². The largest absolute Gasteiger partial charge is 0.462 e. The number of ether oxygens (including phenoxy) is 1. The first-order valence-electron chi connectivity index (χ1n) is 11.2. The van der Waals surface area contributed by atoms with E-state index in [1.54, 1.807) is 42.3 Å². The van der Waals surface area contributed by atoms with Gasteiger partial charge in [0.05, 0.1) is 23.8 Å². The molecule has 178 valence electrons. The van der Waals surface area contributed by atoms with Gasteiger partial charge >= 0.3 is 12.0 Å². The molecule has 5 N–H and O–H groups in total. The van der Waals surface area contributed by atoms with Crippen molar-refractivity contribution in [3.63, 3.8) is 0 Å².